The highest BCUT2D eigenvalue weighted by Crippen LogP contribution is 2.30. The van der Waals surface area contributed by atoms with Crippen LogP contribution in [0.5, 0.6) is 0 Å². The van der Waals surface area contributed by atoms with Crippen molar-refractivity contribution in [3.8, 4) is 0 Å². The Hall–Kier alpha value is -0.940. The number of aliphatic carboxylic acids is 1. The number of carboxylic acid groups (broad SMARTS) is 1. The highest BCUT2D eigenvalue weighted by atomic mass is 79.9. The molecule has 1 aromatic carbocycles. The van der Waals surface area contributed by atoms with Gasteiger partial charge in [0.05, 0.1) is 4.47 Å². The zero-order valence-electron chi connectivity index (χ0n) is 9.34. The molecule has 5 heteroatoms. The molecule has 92 valence electrons. The number of nitrogens with one attached hydrogen (secondary N) is 1. The summed E-state index contributed by atoms with van der Waals surface area (Å²) in [6.45, 7) is 1.60. The average Bonchev–Trinajstić information content (AvgIpc) is 3.05. The minimum absolute atomic E-state index is 0.250. The topological polar surface area (TPSA) is 49.3 Å². The smallest absolute Gasteiger partial charge is 0.328 e. The van der Waals surface area contributed by atoms with Crippen LogP contribution < -0.4 is 5.32 Å². The summed E-state index contributed by atoms with van der Waals surface area (Å²) in [5.41, 5.74) is -0.623. The third kappa shape index (κ3) is 2.50. The molecule has 1 atom stereocenters. The maximum absolute atomic E-state index is 13.1. The molecular weight excluding hydrogens is 289 g/mol. The number of hydrogen-bond acceptors (Lipinski definition) is 2. The van der Waals surface area contributed by atoms with E-state index in [4.69, 9.17) is 0 Å². The number of carbonyl (C=O) groups is 1. The summed E-state index contributed by atoms with van der Waals surface area (Å²) in [6.07, 6.45) is 1.98. The third-order valence-electron chi connectivity index (χ3n) is 2.99. The van der Waals surface area contributed by atoms with Gasteiger partial charge >= 0.3 is 5.97 Å². The van der Waals surface area contributed by atoms with Crippen LogP contribution in [0.3, 0.4) is 0 Å². The van der Waals surface area contributed by atoms with Crippen LogP contribution in [0.2, 0.25) is 0 Å². The summed E-state index contributed by atoms with van der Waals surface area (Å²) < 4.78 is 13.4. The first-order valence-electron chi connectivity index (χ1n) is 5.40. The second-order valence-electron chi connectivity index (χ2n) is 4.48. The van der Waals surface area contributed by atoms with Gasteiger partial charge in [0.2, 0.25) is 0 Å². The fourth-order valence-corrected chi connectivity index (χ4v) is 2.09. The van der Waals surface area contributed by atoms with Crippen LogP contribution in [-0.2, 0) is 10.3 Å². The van der Waals surface area contributed by atoms with Crippen LogP contribution in [0.4, 0.5) is 4.39 Å². The number of benzene rings is 1. The number of halogens is 2. The quantitative estimate of drug-likeness (QED) is 0.899. The Bertz CT molecular complexity index is 462. The van der Waals surface area contributed by atoms with Gasteiger partial charge in [-0.2, -0.15) is 0 Å². The average molecular weight is 302 g/mol. The molecule has 0 amide bonds. The van der Waals surface area contributed by atoms with E-state index in [1.165, 1.54) is 18.2 Å². The van der Waals surface area contributed by atoms with Gasteiger partial charge in [0, 0.05) is 6.04 Å². The lowest BCUT2D eigenvalue weighted by Gasteiger charge is -2.27. The van der Waals surface area contributed by atoms with E-state index in [2.05, 4.69) is 21.2 Å². The zero-order chi connectivity index (χ0) is 12.6. The molecule has 1 aromatic rings. The van der Waals surface area contributed by atoms with Gasteiger partial charge < -0.3 is 5.11 Å². The van der Waals surface area contributed by atoms with Gasteiger partial charge in [0.25, 0.3) is 0 Å². The SMILES string of the molecule is CC(NC1CC1)(C(=O)O)c1ccc(F)c(Br)c1. The second-order valence-corrected chi connectivity index (χ2v) is 5.33. The molecule has 0 aromatic heterocycles. The van der Waals surface area contributed by atoms with Crippen molar-refractivity contribution in [1.29, 1.82) is 0 Å². The Kier molecular flexibility index (Phi) is 3.23. The first-order valence-corrected chi connectivity index (χ1v) is 6.19. The van der Waals surface area contributed by atoms with Crippen LogP contribution in [0.15, 0.2) is 22.7 Å². The predicted molar refractivity (Wildman–Crippen MR) is 65.2 cm³/mol. The van der Waals surface area contributed by atoms with Gasteiger partial charge in [-0.3, -0.25) is 5.32 Å². The van der Waals surface area contributed by atoms with Crippen molar-refractivity contribution < 1.29 is 14.3 Å². The zero-order valence-corrected chi connectivity index (χ0v) is 10.9. The Balaban J connectivity index is 2.36. The van der Waals surface area contributed by atoms with Crippen molar-refractivity contribution in [1.82, 2.24) is 5.32 Å². The lowest BCUT2D eigenvalue weighted by Crippen LogP contribution is -2.47. The number of carboxylic acids is 1. The van der Waals surface area contributed by atoms with Gasteiger partial charge in [-0.1, -0.05) is 6.07 Å². The highest BCUT2D eigenvalue weighted by Gasteiger charge is 2.40. The molecule has 3 nitrogen and oxygen atoms in total. The van der Waals surface area contributed by atoms with Gasteiger partial charge in [-0.15, -0.1) is 0 Å². The van der Waals surface area contributed by atoms with Crippen LogP contribution in [0.1, 0.15) is 25.3 Å². The molecule has 0 spiro atoms. The van der Waals surface area contributed by atoms with E-state index in [9.17, 15) is 14.3 Å². The Morgan fingerprint density at radius 2 is 2.24 bits per heavy atom. The second kappa shape index (κ2) is 4.38. The normalized spacial score (nSPS) is 18.8. The summed E-state index contributed by atoms with van der Waals surface area (Å²) in [5, 5.41) is 12.4. The molecule has 0 saturated heterocycles. The maximum atomic E-state index is 13.1. The molecule has 0 aliphatic heterocycles. The summed E-state index contributed by atoms with van der Waals surface area (Å²) >= 11 is 3.07. The van der Waals surface area contributed by atoms with Crippen LogP contribution in [0, 0.1) is 5.82 Å². The summed E-state index contributed by atoms with van der Waals surface area (Å²) in [6, 6.07) is 4.54. The van der Waals surface area contributed by atoms with Crippen molar-refractivity contribution >= 4 is 21.9 Å². The van der Waals surface area contributed by atoms with E-state index in [1.54, 1.807) is 6.92 Å². The molecule has 1 unspecified atom stereocenters. The van der Waals surface area contributed by atoms with E-state index >= 15 is 0 Å². The summed E-state index contributed by atoms with van der Waals surface area (Å²) in [5.74, 6) is -1.35. The monoisotopic (exact) mass is 301 g/mol. The molecule has 2 N–H and O–H groups in total. The van der Waals surface area contributed by atoms with Crippen molar-refractivity contribution in [3.63, 3.8) is 0 Å². The van der Waals surface area contributed by atoms with Gasteiger partial charge in [-0.05, 0) is 53.4 Å². The number of hydrogen-bond donors (Lipinski definition) is 2. The molecule has 0 heterocycles. The molecule has 0 radical (unpaired) electrons. The van der Waals surface area contributed by atoms with E-state index < -0.39 is 17.3 Å². The molecule has 1 aliphatic carbocycles. The fraction of sp³-hybridized carbons (Fsp3) is 0.417. The van der Waals surface area contributed by atoms with Crippen molar-refractivity contribution in [2.75, 3.05) is 0 Å². The molecule has 0 bridgehead atoms. The summed E-state index contributed by atoms with van der Waals surface area (Å²) in [7, 11) is 0. The van der Waals surface area contributed by atoms with Gasteiger partial charge in [0.1, 0.15) is 11.4 Å². The molecule has 1 fully saturated rings. The molecule has 2 rings (SSSR count). The van der Waals surface area contributed by atoms with Crippen molar-refractivity contribution in [2.24, 2.45) is 0 Å². The fourth-order valence-electron chi connectivity index (χ4n) is 1.71. The molecule has 1 aliphatic rings. The third-order valence-corrected chi connectivity index (χ3v) is 3.60. The minimum atomic E-state index is -1.17. The maximum Gasteiger partial charge on any atom is 0.328 e. The number of rotatable bonds is 4. The Labute approximate surface area is 107 Å². The largest absolute Gasteiger partial charge is 0.480 e. The highest BCUT2D eigenvalue weighted by molar-refractivity contribution is 9.10. The Morgan fingerprint density at radius 3 is 2.71 bits per heavy atom. The lowest BCUT2D eigenvalue weighted by atomic mass is 9.92. The van der Waals surface area contributed by atoms with E-state index in [0.717, 1.165) is 12.8 Å². The standard InChI is InChI=1S/C12H13BrFNO2/c1-12(11(16)17,15-8-3-4-8)7-2-5-10(14)9(13)6-7/h2,5-6,8,15H,3-4H2,1H3,(H,16,17). The van der Waals surface area contributed by atoms with Gasteiger partial charge in [-0.25, -0.2) is 9.18 Å². The first-order chi connectivity index (χ1) is 7.93. The molecule has 1 saturated carbocycles. The van der Waals surface area contributed by atoms with Crippen molar-refractivity contribution in [3.05, 3.63) is 34.1 Å². The van der Waals surface area contributed by atoms with E-state index in [1.807, 2.05) is 0 Å². The predicted octanol–water partition coefficient (Wildman–Crippen LogP) is 2.64. The van der Waals surface area contributed by atoms with E-state index in [-0.39, 0.29) is 10.5 Å². The lowest BCUT2D eigenvalue weighted by molar-refractivity contribution is -0.144. The summed E-state index contributed by atoms with van der Waals surface area (Å²) in [4.78, 5) is 11.4. The van der Waals surface area contributed by atoms with Crippen LogP contribution >= 0.6 is 15.9 Å². The van der Waals surface area contributed by atoms with E-state index in [0.29, 0.717) is 5.56 Å². The van der Waals surface area contributed by atoms with Crippen LogP contribution in [-0.4, -0.2) is 17.1 Å². The molecule has 17 heavy (non-hydrogen) atoms. The first kappa shape index (κ1) is 12.5. The molecular formula is C12H13BrFNO2. The van der Waals surface area contributed by atoms with Crippen LogP contribution in [0.25, 0.3) is 0 Å². The minimum Gasteiger partial charge on any atom is -0.480 e. The van der Waals surface area contributed by atoms with Gasteiger partial charge in [0.15, 0.2) is 0 Å². The van der Waals surface area contributed by atoms with Crippen molar-refractivity contribution in [2.45, 2.75) is 31.3 Å². The Morgan fingerprint density at radius 1 is 1.59 bits per heavy atom.